The van der Waals surface area contributed by atoms with Gasteiger partial charge in [-0.3, -0.25) is 4.79 Å². The summed E-state index contributed by atoms with van der Waals surface area (Å²) in [6.07, 6.45) is 0. The maximum absolute atomic E-state index is 11.2. The molecule has 0 aliphatic heterocycles. The fraction of sp³-hybridized carbons (Fsp3) is 0.533. The first-order valence-corrected chi connectivity index (χ1v) is 6.57. The van der Waals surface area contributed by atoms with Gasteiger partial charge in [-0.1, -0.05) is 32.9 Å². The lowest BCUT2D eigenvalue weighted by molar-refractivity contribution is -0.122. The molecule has 4 nitrogen and oxygen atoms in total. The van der Waals surface area contributed by atoms with Crippen LogP contribution in [0.25, 0.3) is 0 Å². The van der Waals surface area contributed by atoms with Gasteiger partial charge in [0, 0.05) is 0 Å². The second-order valence-corrected chi connectivity index (χ2v) is 5.71. The zero-order chi connectivity index (χ0) is 14.5. The maximum atomic E-state index is 11.2. The summed E-state index contributed by atoms with van der Waals surface area (Å²) in [4.78, 5) is 11.2. The van der Waals surface area contributed by atoms with Crippen LogP contribution in [0, 0.1) is 0 Å². The zero-order valence-corrected chi connectivity index (χ0v) is 12.2. The van der Waals surface area contributed by atoms with Crippen LogP contribution in [0.3, 0.4) is 0 Å². The van der Waals surface area contributed by atoms with E-state index in [-0.39, 0.29) is 11.3 Å². The molecule has 0 aliphatic rings. The number of ether oxygens (including phenoxy) is 1. The average Bonchev–Trinajstić information content (AvgIpc) is 2.33. The van der Waals surface area contributed by atoms with E-state index >= 15 is 0 Å². The summed E-state index contributed by atoms with van der Waals surface area (Å²) in [5.41, 5.74) is 6.77. The van der Waals surface area contributed by atoms with E-state index in [1.807, 2.05) is 18.2 Å². The molecule has 0 fully saturated rings. The van der Waals surface area contributed by atoms with Crippen LogP contribution < -0.4 is 15.8 Å². The van der Waals surface area contributed by atoms with Crippen molar-refractivity contribution >= 4 is 5.91 Å². The second-order valence-electron chi connectivity index (χ2n) is 5.71. The highest BCUT2D eigenvalue weighted by molar-refractivity contribution is 5.80. The minimum absolute atomic E-state index is 0.0998. The highest BCUT2D eigenvalue weighted by Gasteiger charge is 2.13. The van der Waals surface area contributed by atoms with Crippen LogP contribution in [0.1, 0.15) is 33.3 Å². The van der Waals surface area contributed by atoms with Crippen LogP contribution in [-0.4, -0.2) is 25.1 Å². The minimum Gasteiger partial charge on any atom is -0.492 e. The number of amides is 1. The highest BCUT2D eigenvalue weighted by Crippen LogP contribution is 2.25. The van der Waals surface area contributed by atoms with Crippen LogP contribution in [-0.2, 0) is 10.2 Å². The van der Waals surface area contributed by atoms with Gasteiger partial charge in [-0.05, 0) is 30.0 Å². The first kappa shape index (κ1) is 15.5. The SMILES string of the molecule is CC(N)C(=O)NCCOc1cccc(C(C)(C)C)c1. The fourth-order valence-corrected chi connectivity index (χ4v) is 1.56. The molecule has 0 saturated heterocycles. The van der Waals surface area contributed by atoms with Crippen molar-refractivity contribution < 1.29 is 9.53 Å². The van der Waals surface area contributed by atoms with Crippen LogP contribution in [0.4, 0.5) is 0 Å². The third kappa shape index (κ3) is 5.30. The van der Waals surface area contributed by atoms with E-state index in [0.717, 1.165) is 5.75 Å². The Hall–Kier alpha value is -1.55. The van der Waals surface area contributed by atoms with Crippen molar-refractivity contribution in [2.24, 2.45) is 5.73 Å². The number of hydrogen-bond acceptors (Lipinski definition) is 3. The van der Waals surface area contributed by atoms with Gasteiger partial charge >= 0.3 is 0 Å². The third-order valence-corrected chi connectivity index (χ3v) is 2.78. The number of hydrogen-bond donors (Lipinski definition) is 2. The molecule has 1 amide bonds. The monoisotopic (exact) mass is 264 g/mol. The summed E-state index contributed by atoms with van der Waals surface area (Å²) < 4.78 is 5.62. The molecule has 3 N–H and O–H groups in total. The van der Waals surface area contributed by atoms with E-state index in [4.69, 9.17) is 10.5 Å². The van der Waals surface area contributed by atoms with Crippen LogP contribution >= 0.6 is 0 Å². The zero-order valence-electron chi connectivity index (χ0n) is 12.2. The Kier molecular flexibility index (Phi) is 5.36. The Labute approximate surface area is 115 Å². The van der Waals surface area contributed by atoms with Gasteiger partial charge in [0.05, 0.1) is 12.6 Å². The Morgan fingerprint density at radius 2 is 2.11 bits per heavy atom. The topological polar surface area (TPSA) is 64.4 Å². The van der Waals surface area contributed by atoms with Crippen LogP contribution in [0.2, 0.25) is 0 Å². The quantitative estimate of drug-likeness (QED) is 0.797. The summed E-state index contributed by atoms with van der Waals surface area (Å²) >= 11 is 0. The predicted octanol–water partition coefficient (Wildman–Crippen LogP) is 1.83. The molecule has 1 rings (SSSR count). The lowest BCUT2D eigenvalue weighted by atomic mass is 9.87. The molecule has 4 heteroatoms. The van der Waals surface area contributed by atoms with Crippen molar-refractivity contribution in [2.75, 3.05) is 13.2 Å². The minimum atomic E-state index is -0.482. The number of nitrogens with one attached hydrogen (secondary N) is 1. The lowest BCUT2D eigenvalue weighted by Crippen LogP contribution is -2.40. The maximum Gasteiger partial charge on any atom is 0.236 e. The lowest BCUT2D eigenvalue weighted by Gasteiger charge is -2.19. The van der Waals surface area contributed by atoms with E-state index in [1.54, 1.807) is 6.92 Å². The molecule has 0 heterocycles. The molecule has 106 valence electrons. The van der Waals surface area contributed by atoms with Crippen molar-refractivity contribution in [3.63, 3.8) is 0 Å². The summed E-state index contributed by atoms with van der Waals surface area (Å²) in [7, 11) is 0. The Bertz CT molecular complexity index is 422. The van der Waals surface area contributed by atoms with E-state index in [0.29, 0.717) is 13.2 Å². The molecule has 1 atom stereocenters. The third-order valence-electron chi connectivity index (χ3n) is 2.78. The van der Waals surface area contributed by atoms with Crippen molar-refractivity contribution in [3.8, 4) is 5.75 Å². The van der Waals surface area contributed by atoms with Crippen molar-refractivity contribution in [3.05, 3.63) is 29.8 Å². The van der Waals surface area contributed by atoms with Gasteiger partial charge in [-0.2, -0.15) is 0 Å². The van der Waals surface area contributed by atoms with E-state index in [9.17, 15) is 4.79 Å². The normalized spacial score (nSPS) is 12.9. The fourth-order valence-electron chi connectivity index (χ4n) is 1.56. The average molecular weight is 264 g/mol. The molecule has 0 aromatic heterocycles. The number of carbonyl (C=O) groups is 1. The Morgan fingerprint density at radius 3 is 2.68 bits per heavy atom. The van der Waals surface area contributed by atoms with Crippen molar-refractivity contribution in [1.82, 2.24) is 5.32 Å². The number of rotatable bonds is 5. The Morgan fingerprint density at radius 1 is 1.42 bits per heavy atom. The standard InChI is InChI=1S/C15H24N2O2/c1-11(16)14(18)17-8-9-19-13-7-5-6-12(10-13)15(2,3)4/h5-7,10-11H,8-9,16H2,1-4H3,(H,17,18). The molecular formula is C15H24N2O2. The van der Waals surface area contributed by atoms with Crippen LogP contribution in [0.5, 0.6) is 5.75 Å². The largest absolute Gasteiger partial charge is 0.492 e. The summed E-state index contributed by atoms with van der Waals surface area (Å²) in [5.74, 6) is 0.662. The van der Waals surface area contributed by atoms with Crippen molar-refractivity contribution in [2.45, 2.75) is 39.2 Å². The van der Waals surface area contributed by atoms with E-state index in [1.165, 1.54) is 5.56 Å². The molecular weight excluding hydrogens is 240 g/mol. The smallest absolute Gasteiger partial charge is 0.236 e. The van der Waals surface area contributed by atoms with Gasteiger partial charge in [-0.25, -0.2) is 0 Å². The predicted molar refractivity (Wildman–Crippen MR) is 77.3 cm³/mol. The molecule has 0 radical (unpaired) electrons. The van der Waals surface area contributed by atoms with E-state index < -0.39 is 6.04 Å². The summed E-state index contributed by atoms with van der Waals surface area (Å²) in [6.45, 7) is 9.04. The molecule has 1 unspecified atom stereocenters. The van der Waals surface area contributed by atoms with Gasteiger partial charge in [0.2, 0.25) is 5.91 Å². The van der Waals surface area contributed by atoms with Gasteiger partial charge in [0.25, 0.3) is 0 Å². The molecule has 0 aliphatic carbocycles. The second kappa shape index (κ2) is 6.57. The number of carbonyl (C=O) groups excluding carboxylic acids is 1. The Balaban J connectivity index is 2.44. The molecule has 0 bridgehead atoms. The molecule has 0 saturated carbocycles. The van der Waals surface area contributed by atoms with Crippen molar-refractivity contribution in [1.29, 1.82) is 0 Å². The molecule has 1 aromatic rings. The highest BCUT2D eigenvalue weighted by atomic mass is 16.5. The first-order chi connectivity index (χ1) is 8.80. The summed E-state index contributed by atoms with van der Waals surface area (Å²) in [6, 6.07) is 7.54. The molecule has 1 aromatic carbocycles. The van der Waals surface area contributed by atoms with E-state index in [2.05, 4.69) is 32.2 Å². The van der Waals surface area contributed by atoms with Gasteiger partial charge in [0.1, 0.15) is 12.4 Å². The van der Waals surface area contributed by atoms with Gasteiger partial charge in [0.15, 0.2) is 0 Å². The molecule has 19 heavy (non-hydrogen) atoms. The van der Waals surface area contributed by atoms with Gasteiger partial charge in [-0.15, -0.1) is 0 Å². The number of nitrogens with two attached hydrogens (primary N) is 1. The number of benzene rings is 1. The summed E-state index contributed by atoms with van der Waals surface area (Å²) in [5, 5.41) is 2.71. The van der Waals surface area contributed by atoms with Crippen LogP contribution in [0.15, 0.2) is 24.3 Å². The van der Waals surface area contributed by atoms with Gasteiger partial charge < -0.3 is 15.8 Å². The first-order valence-electron chi connectivity index (χ1n) is 6.57. The molecule has 0 spiro atoms.